The number of halogens is 6. The van der Waals surface area contributed by atoms with E-state index in [1.54, 1.807) is 6.07 Å². The maximum atomic E-state index is 14.0. The summed E-state index contributed by atoms with van der Waals surface area (Å²) in [5.74, 6) is -1.85. The van der Waals surface area contributed by atoms with E-state index < -0.39 is 34.5 Å². The zero-order chi connectivity index (χ0) is 23.7. The van der Waals surface area contributed by atoms with Crippen LogP contribution in [0.25, 0.3) is 0 Å². The van der Waals surface area contributed by atoms with E-state index in [2.05, 4.69) is 0 Å². The molecule has 1 heterocycles. The molecular weight excluding hydrogens is 460 g/mol. The number of hydrogen-bond acceptors (Lipinski definition) is 5. The Balaban J connectivity index is 2.12. The van der Waals surface area contributed by atoms with Gasteiger partial charge in [-0.2, -0.15) is 31.6 Å². The largest absolute Gasteiger partial charge is 0.496 e. The minimum Gasteiger partial charge on any atom is -0.496 e. The number of carbonyl (C=O) groups is 1. The Labute approximate surface area is 183 Å². The Hall–Kier alpha value is -2.94. The van der Waals surface area contributed by atoms with E-state index in [0.29, 0.717) is 47.5 Å². The number of alkyl halides is 6. The first kappa shape index (κ1) is 23.7. The van der Waals surface area contributed by atoms with E-state index in [0.717, 1.165) is 18.5 Å². The lowest BCUT2D eigenvalue weighted by atomic mass is 9.96. The number of hydrogen-bond donors (Lipinski definition) is 2. The number of aryl methyl sites for hydroxylation is 1. The number of para-hydroxylation sites is 1. The third-order valence-electron chi connectivity index (χ3n) is 5.09. The lowest BCUT2D eigenvalue weighted by molar-refractivity contribution is -0.293. The van der Waals surface area contributed by atoms with Gasteiger partial charge in [-0.1, -0.05) is 12.1 Å². The highest BCUT2D eigenvalue weighted by atomic mass is 32.1. The van der Waals surface area contributed by atoms with Crippen LogP contribution >= 0.6 is 11.3 Å². The number of benzene rings is 1. The van der Waals surface area contributed by atoms with E-state index in [9.17, 15) is 36.4 Å². The quantitative estimate of drug-likeness (QED) is 0.460. The number of methoxy groups -OCH3 is 1. The van der Waals surface area contributed by atoms with Gasteiger partial charge in [0.25, 0.3) is 5.91 Å². The second-order valence-corrected chi connectivity index (χ2v) is 8.16. The second kappa shape index (κ2) is 8.54. The molecule has 172 valence electrons. The van der Waals surface area contributed by atoms with Crippen LogP contribution in [0.4, 0.5) is 31.3 Å². The molecule has 1 aliphatic carbocycles. The molecule has 0 bridgehead atoms. The highest BCUT2D eigenvalue weighted by Gasteiger charge is 2.73. The number of nitriles is 1. The summed E-state index contributed by atoms with van der Waals surface area (Å²) < 4.78 is 89.0. The Bertz CT molecular complexity index is 1040. The van der Waals surface area contributed by atoms with Gasteiger partial charge in [0.15, 0.2) is 0 Å². The Kier molecular flexibility index (Phi) is 6.33. The van der Waals surface area contributed by atoms with Crippen molar-refractivity contribution in [2.45, 2.75) is 43.7 Å². The first-order chi connectivity index (χ1) is 14.9. The molecular formula is C20H17F6N3O2S. The van der Waals surface area contributed by atoms with Gasteiger partial charge in [-0.3, -0.25) is 4.79 Å². The predicted molar refractivity (Wildman–Crippen MR) is 105 cm³/mol. The third-order valence-corrected chi connectivity index (χ3v) is 6.29. The zero-order valence-corrected chi connectivity index (χ0v) is 17.4. The van der Waals surface area contributed by atoms with Crippen molar-refractivity contribution in [3.05, 3.63) is 45.8 Å². The Morgan fingerprint density at radius 3 is 2.31 bits per heavy atom. The molecule has 1 aliphatic rings. The molecule has 0 saturated heterocycles. The van der Waals surface area contributed by atoms with Gasteiger partial charge in [-0.15, -0.1) is 11.3 Å². The molecule has 0 radical (unpaired) electrons. The van der Waals surface area contributed by atoms with Gasteiger partial charge in [0, 0.05) is 4.88 Å². The van der Waals surface area contributed by atoms with Crippen molar-refractivity contribution in [1.29, 1.82) is 5.26 Å². The van der Waals surface area contributed by atoms with Gasteiger partial charge in [0.2, 0.25) is 0 Å². The fourth-order valence-electron chi connectivity index (χ4n) is 3.49. The molecule has 2 aromatic rings. The number of fused-ring (bicyclic) bond motifs is 1. The summed E-state index contributed by atoms with van der Waals surface area (Å²) in [5.41, 5.74) is -5.17. The fourth-order valence-corrected chi connectivity index (χ4v) is 4.78. The van der Waals surface area contributed by atoms with Crippen molar-refractivity contribution in [3.63, 3.8) is 0 Å². The smallest absolute Gasteiger partial charge is 0.439 e. The minimum absolute atomic E-state index is 0.201. The van der Waals surface area contributed by atoms with Gasteiger partial charge < -0.3 is 15.4 Å². The van der Waals surface area contributed by atoms with Crippen LogP contribution in [0.15, 0.2) is 24.3 Å². The van der Waals surface area contributed by atoms with Crippen molar-refractivity contribution in [2.75, 3.05) is 12.4 Å². The highest BCUT2D eigenvalue weighted by molar-refractivity contribution is 7.16. The van der Waals surface area contributed by atoms with Crippen molar-refractivity contribution in [2.24, 2.45) is 0 Å². The number of nitrogens with zero attached hydrogens (tertiary/aromatic N) is 1. The molecule has 12 heteroatoms. The van der Waals surface area contributed by atoms with Crippen molar-refractivity contribution in [1.82, 2.24) is 5.32 Å². The molecule has 0 fully saturated rings. The average molecular weight is 477 g/mol. The molecule has 1 amide bonds. The van der Waals surface area contributed by atoms with E-state index in [4.69, 9.17) is 4.74 Å². The lowest BCUT2D eigenvalue weighted by Gasteiger charge is -2.38. The number of ether oxygens (including phenoxy) is 1. The summed E-state index contributed by atoms with van der Waals surface area (Å²) in [6, 6.07) is 6.66. The van der Waals surface area contributed by atoms with E-state index >= 15 is 0 Å². The number of amides is 1. The van der Waals surface area contributed by atoms with Gasteiger partial charge >= 0.3 is 18.0 Å². The molecule has 1 aromatic carbocycles. The molecule has 0 saturated carbocycles. The van der Waals surface area contributed by atoms with Crippen LogP contribution < -0.4 is 15.4 Å². The van der Waals surface area contributed by atoms with Gasteiger partial charge in [-0.05, 0) is 43.4 Å². The topological polar surface area (TPSA) is 74.2 Å². The number of carbonyl (C=O) groups excluding carboxylic acids is 1. The number of rotatable bonds is 5. The molecule has 0 unspecified atom stereocenters. The van der Waals surface area contributed by atoms with Gasteiger partial charge in [0.05, 0.1) is 18.2 Å². The predicted octanol–water partition coefficient (Wildman–Crippen LogP) is 5.17. The summed E-state index contributed by atoms with van der Waals surface area (Å²) in [4.78, 5) is 13.1. The van der Waals surface area contributed by atoms with Crippen LogP contribution in [0.1, 0.15) is 39.2 Å². The van der Waals surface area contributed by atoms with Crippen molar-refractivity contribution < 1.29 is 35.9 Å². The lowest BCUT2D eigenvalue weighted by Crippen LogP contribution is -2.72. The minimum atomic E-state index is -6.00. The highest BCUT2D eigenvalue weighted by Crippen LogP contribution is 2.47. The van der Waals surface area contributed by atoms with Crippen LogP contribution in [-0.2, 0) is 12.8 Å². The summed E-state index contributed by atoms with van der Waals surface area (Å²) >= 11 is 0.667. The molecule has 32 heavy (non-hydrogen) atoms. The number of nitrogens with one attached hydrogen (secondary N) is 2. The van der Waals surface area contributed by atoms with Crippen LogP contribution in [0.3, 0.4) is 0 Å². The molecule has 3 rings (SSSR count). The SMILES string of the molecule is COc1ccccc1C(=O)NC(Nc1sc2c(c1C#N)CCCC2)(C(F)(F)F)C(F)(F)F. The fraction of sp³-hybridized carbons (Fsp3) is 0.400. The maximum absolute atomic E-state index is 14.0. The van der Waals surface area contributed by atoms with Crippen LogP contribution in [-0.4, -0.2) is 31.0 Å². The average Bonchev–Trinajstić information content (AvgIpc) is 3.08. The third kappa shape index (κ3) is 4.09. The molecule has 0 aliphatic heterocycles. The van der Waals surface area contributed by atoms with Crippen LogP contribution in [0.5, 0.6) is 5.75 Å². The molecule has 1 aromatic heterocycles. The normalized spacial score (nSPS) is 14.3. The molecule has 5 nitrogen and oxygen atoms in total. The summed E-state index contributed by atoms with van der Waals surface area (Å²) in [7, 11) is 1.13. The zero-order valence-electron chi connectivity index (χ0n) is 16.6. The summed E-state index contributed by atoms with van der Waals surface area (Å²) in [5, 5.41) is 11.4. The Morgan fingerprint density at radius 2 is 1.72 bits per heavy atom. The van der Waals surface area contributed by atoms with Gasteiger partial charge in [-0.25, -0.2) is 0 Å². The standard InChI is InChI=1S/C20H17F6N3O2S/c1-31-14-8-4-2-7-12(14)16(30)28-18(19(21,22)23,20(24,25)26)29-17-13(10-27)11-6-3-5-9-15(11)32-17/h2,4,7-8,29H,3,5-6,9H2,1H3,(H,28,30). The van der Waals surface area contributed by atoms with Crippen LogP contribution in [0, 0.1) is 11.3 Å². The van der Waals surface area contributed by atoms with Crippen LogP contribution in [0.2, 0.25) is 0 Å². The molecule has 2 N–H and O–H groups in total. The number of thiophene rings is 1. The first-order valence-corrected chi connectivity index (χ1v) is 10.2. The Morgan fingerprint density at radius 1 is 1.09 bits per heavy atom. The summed E-state index contributed by atoms with van der Waals surface area (Å²) in [6.07, 6.45) is -9.78. The molecule has 0 spiro atoms. The second-order valence-electron chi connectivity index (χ2n) is 7.05. The molecule has 0 atom stereocenters. The van der Waals surface area contributed by atoms with Crippen molar-refractivity contribution >= 4 is 22.2 Å². The van der Waals surface area contributed by atoms with Crippen molar-refractivity contribution in [3.8, 4) is 11.8 Å². The monoisotopic (exact) mass is 477 g/mol. The maximum Gasteiger partial charge on any atom is 0.439 e. The van der Waals surface area contributed by atoms with E-state index in [1.165, 1.54) is 23.5 Å². The van der Waals surface area contributed by atoms with Gasteiger partial charge in [0.1, 0.15) is 16.8 Å². The van der Waals surface area contributed by atoms with E-state index in [-0.39, 0.29) is 11.3 Å². The summed E-state index contributed by atoms with van der Waals surface area (Å²) in [6.45, 7) is 0. The number of anilines is 1. The first-order valence-electron chi connectivity index (χ1n) is 9.37. The van der Waals surface area contributed by atoms with E-state index in [1.807, 2.05) is 0 Å².